The summed E-state index contributed by atoms with van der Waals surface area (Å²) in [6.45, 7) is 2.01. The molecule has 0 unspecified atom stereocenters. The van der Waals surface area contributed by atoms with Gasteiger partial charge in [-0.15, -0.1) is 24.2 Å². The molecule has 1 aliphatic heterocycles. The molecule has 1 N–H and O–H groups in total. The quantitative estimate of drug-likeness (QED) is 0.424. The van der Waals surface area contributed by atoms with Crippen LogP contribution in [0.5, 0.6) is 0 Å². The second kappa shape index (κ2) is 10.3. The monoisotopic (exact) mass is 444 g/mol. The fourth-order valence-corrected chi connectivity index (χ4v) is 4.88. The number of rotatable bonds is 5. The second-order valence-corrected chi connectivity index (χ2v) is 8.19. The Morgan fingerprint density at radius 3 is 2.59 bits per heavy atom. The van der Waals surface area contributed by atoms with Crippen LogP contribution in [0.4, 0.5) is 0 Å². The maximum Gasteiger partial charge on any atom is 0.211 e. The molecule has 150 valence electrons. The van der Waals surface area contributed by atoms with Crippen molar-refractivity contribution in [3.63, 3.8) is 0 Å². The first-order valence-electron chi connectivity index (χ1n) is 9.41. The Labute approximate surface area is 186 Å². The third kappa shape index (κ3) is 5.20. The van der Waals surface area contributed by atoms with Crippen molar-refractivity contribution in [3.05, 3.63) is 93.8 Å². The number of thioether (sulfide) groups is 1. The molecular weight excluding hydrogens is 423 g/mol. The molecule has 0 spiro atoms. The van der Waals surface area contributed by atoms with E-state index in [-0.39, 0.29) is 18.2 Å². The van der Waals surface area contributed by atoms with Crippen molar-refractivity contribution in [2.45, 2.75) is 23.5 Å². The van der Waals surface area contributed by atoms with E-state index in [2.05, 4.69) is 16.4 Å². The third-order valence-electron chi connectivity index (χ3n) is 4.93. The summed E-state index contributed by atoms with van der Waals surface area (Å²) in [5, 5.41) is 4.28. The summed E-state index contributed by atoms with van der Waals surface area (Å²) in [6.07, 6.45) is 3.69. The highest BCUT2D eigenvalue weighted by atomic mass is 35.5. The lowest BCUT2D eigenvalue weighted by molar-refractivity contribution is 0.103. The van der Waals surface area contributed by atoms with Gasteiger partial charge < -0.3 is 5.32 Å². The van der Waals surface area contributed by atoms with Gasteiger partial charge in [0.2, 0.25) is 5.78 Å². The Bertz CT molecular complexity index is 978. The molecule has 1 aromatic heterocycles. The minimum atomic E-state index is -0.0521. The molecule has 6 heteroatoms. The number of hydrogen-bond acceptors (Lipinski definition) is 4. The Morgan fingerprint density at radius 2 is 1.83 bits per heavy atom. The summed E-state index contributed by atoms with van der Waals surface area (Å²) < 4.78 is 0. The Morgan fingerprint density at radius 1 is 1.03 bits per heavy atom. The molecular formula is C23H22Cl2N2OS. The molecule has 0 bridgehead atoms. The van der Waals surface area contributed by atoms with Crippen LogP contribution in [0.25, 0.3) is 0 Å². The average Bonchev–Trinajstić information content (AvgIpc) is 2.99. The average molecular weight is 445 g/mol. The minimum Gasteiger partial charge on any atom is -0.316 e. The Balaban J connectivity index is 0.00000240. The molecule has 0 aliphatic carbocycles. The molecule has 29 heavy (non-hydrogen) atoms. The first kappa shape index (κ1) is 21.8. The van der Waals surface area contributed by atoms with Crippen molar-refractivity contribution in [2.24, 2.45) is 0 Å². The van der Waals surface area contributed by atoms with E-state index >= 15 is 0 Å². The fourth-order valence-electron chi connectivity index (χ4n) is 3.42. The number of nitrogens with one attached hydrogen (secondary N) is 1. The van der Waals surface area contributed by atoms with E-state index in [9.17, 15) is 4.79 Å². The summed E-state index contributed by atoms with van der Waals surface area (Å²) in [6, 6.07) is 17.3. The molecule has 2 aromatic carbocycles. The van der Waals surface area contributed by atoms with Crippen molar-refractivity contribution < 1.29 is 4.79 Å². The number of aromatic nitrogens is 1. The van der Waals surface area contributed by atoms with Crippen LogP contribution in [0.2, 0.25) is 5.02 Å². The number of fused-ring (bicyclic) bond motifs is 1. The van der Waals surface area contributed by atoms with Crippen LogP contribution in [-0.2, 0) is 18.6 Å². The zero-order chi connectivity index (χ0) is 19.3. The highest BCUT2D eigenvalue weighted by Crippen LogP contribution is 2.36. The second-order valence-electron chi connectivity index (χ2n) is 6.79. The first-order chi connectivity index (χ1) is 13.7. The van der Waals surface area contributed by atoms with Gasteiger partial charge >= 0.3 is 0 Å². The molecule has 4 rings (SSSR count). The predicted molar refractivity (Wildman–Crippen MR) is 123 cm³/mol. The number of ketones is 1. The van der Waals surface area contributed by atoms with E-state index in [1.54, 1.807) is 24.0 Å². The molecule has 0 atom stereocenters. The molecule has 0 amide bonds. The van der Waals surface area contributed by atoms with E-state index in [1.165, 1.54) is 21.6 Å². The fraction of sp³-hybridized carbons (Fsp3) is 0.217. The standard InChI is InChI=1S/C23H21ClN2OS.ClH/c24-20-9-8-17-10-13-25-14-11-19(17)23(20)28-15-16-4-6-18(7-5-16)22(27)21-3-1-2-12-26-21;/h1-9,12,25H,10-11,13-15H2;1H. The molecule has 0 fully saturated rings. The SMILES string of the molecule is Cl.O=C(c1ccc(CSc2c(Cl)ccc3c2CCNCC3)cc1)c1ccccn1. The van der Waals surface area contributed by atoms with E-state index in [4.69, 9.17) is 11.6 Å². The maximum atomic E-state index is 12.5. The molecule has 2 heterocycles. The number of halogens is 2. The van der Waals surface area contributed by atoms with E-state index in [0.717, 1.165) is 36.7 Å². The highest BCUT2D eigenvalue weighted by molar-refractivity contribution is 7.98. The number of pyridine rings is 1. The van der Waals surface area contributed by atoms with E-state index in [1.807, 2.05) is 42.5 Å². The van der Waals surface area contributed by atoms with Gasteiger partial charge in [-0.25, -0.2) is 0 Å². The van der Waals surface area contributed by atoms with Crippen LogP contribution in [0.3, 0.4) is 0 Å². The van der Waals surface area contributed by atoms with E-state index < -0.39 is 0 Å². The van der Waals surface area contributed by atoms with Gasteiger partial charge in [-0.2, -0.15) is 0 Å². The van der Waals surface area contributed by atoms with Crippen molar-refractivity contribution >= 4 is 41.6 Å². The van der Waals surface area contributed by atoms with Crippen LogP contribution in [-0.4, -0.2) is 23.9 Å². The van der Waals surface area contributed by atoms with Crippen molar-refractivity contribution in [2.75, 3.05) is 13.1 Å². The van der Waals surface area contributed by atoms with Gasteiger partial charge in [0.1, 0.15) is 5.69 Å². The number of carbonyl (C=O) groups is 1. The van der Waals surface area contributed by atoms with Gasteiger partial charge in [0.15, 0.2) is 0 Å². The highest BCUT2D eigenvalue weighted by Gasteiger charge is 2.15. The molecule has 0 radical (unpaired) electrons. The van der Waals surface area contributed by atoms with E-state index in [0.29, 0.717) is 11.3 Å². The van der Waals surface area contributed by atoms with Gasteiger partial charge in [-0.1, -0.05) is 48.0 Å². The van der Waals surface area contributed by atoms with Gasteiger partial charge in [-0.05, 0) is 60.8 Å². The maximum absolute atomic E-state index is 12.5. The number of carbonyl (C=O) groups excluding carboxylic acids is 1. The normalized spacial score (nSPS) is 13.1. The van der Waals surface area contributed by atoms with Crippen molar-refractivity contribution in [1.82, 2.24) is 10.3 Å². The van der Waals surface area contributed by atoms with Gasteiger partial charge in [-0.3, -0.25) is 9.78 Å². The lowest BCUT2D eigenvalue weighted by Gasteiger charge is -2.14. The molecule has 1 aliphatic rings. The summed E-state index contributed by atoms with van der Waals surface area (Å²) in [5.41, 5.74) is 5.07. The molecule has 0 saturated carbocycles. The van der Waals surface area contributed by atoms with Crippen molar-refractivity contribution in [1.29, 1.82) is 0 Å². The van der Waals surface area contributed by atoms with Crippen LogP contribution >= 0.6 is 35.8 Å². The Hall–Kier alpha value is -1.85. The van der Waals surface area contributed by atoms with Gasteiger partial charge in [0, 0.05) is 22.4 Å². The zero-order valence-corrected chi connectivity index (χ0v) is 18.2. The minimum absolute atomic E-state index is 0. The summed E-state index contributed by atoms with van der Waals surface area (Å²) in [4.78, 5) is 17.8. The van der Waals surface area contributed by atoms with Crippen LogP contribution in [0.15, 0.2) is 65.7 Å². The smallest absolute Gasteiger partial charge is 0.211 e. The largest absolute Gasteiger partial charge is 0.316 e. The van der Waals surface area contributed by atoms with Gasteiger partial charge in [0.25, 0.3) is 0 Å². The lowest BCUT2D eigenvalue weighted by atomic mass is 10.0. The molecule has 3 nitrogen and oxygen atoms in total. The first-order valence-corrected chi connectivity index (χ1v) is 10.8. The van der Waals surface area contributed by atoms with Crippen LogP contribution in [0.1, 0.15) is 32.7 Å². The topological polar surface area (TPSA) is 42.0 Å². The van der Waals surface area contributed by atoms with Crippen LogP contribution in [0, 0.1) is 0 Å². The summed E-state index contributed by atoms with van der Waals surface area (Å²) in [7, 11) is 0. The zero-order valence-electron chi connectivity index (χ0n) is 15.9. The van der Waals surface area contributed by atoms with Crippen molar-refractivity contribution in [3.8, 4) is 0 Å². The van der Waals surface area contributed by atoms with Crippen LogP contribution < -0.4 is 5.32 Å². The summed E-state index contributed by atoms with van der Waals surface area (Å²) in [5.74, 6) is 0.769. The van der Waals surface area contributed by atoms with Gasteiger partial charge in [0.05, 0.1) is 5.02 Å². The number of hydrogen-bond donors (Lipinski definition) is 1. The third-order valence-corrected chi connectivity index (χ3v) is 6.59. The predicted octanol–water partition coefficient (Wildman–Crippen LogP) is 5.37. The molecule has 3 aromatic rings. The lowest BCUT2D eigenvalue weighted by Crippen LogP contribution is -2.16. The number of benzene rings is 2. The Kier molecular flexibility index (Phi) is 7.73. The molecule has 0 saturated heterocycles. The number of nitrogens with zero attached hydrogens (tertiary/aromatic N) is 1. The summed E-state index contributed by atoms with van der Waals surface area (Å²) >= 11 is 8.30.